The van der Waals surface area contributed by atoms with Gasteiger partial charge < -0.3 is 15.0 Å². The van der Waals surface area contributed by atoms with Gasteiger partial charge in [0.25, 0.3) is 5.56 Å². The molecule has 6 heteroatoms. The van der Waals surface area contributed by atoms with Crippen LogP contribution in [0.2, 0.25) is 0 Å². The van der Waals surface area contributed by atoms with E-state index in [0.717, 1.165) is 44.9 Å². The number of anilines is 1. The fraction of sp³-hybridized carbons (Fsp3) is 0.714. The van der Waals surface area contributed by atoms with Gasteiger partial charge in [0.1, 0.15) is 0 Å². The summed E-state index contributed by atoms with van der Waals surface area (Å²) in [5.74, 6) is 0. The molecule has 0 amide bonds. The Morgan fingerprint density at radius 3 is 2.85 bits per heavy atom. The first-order chi connectivity index (χ1) is 9.81. The number of methoxy groups -OCH3 is 1. The molecule has 1 saturated heterocycles. The first kappa shape index (κ1) is 15.0. The normalized spacial score (nSPS) is 14.9. The second kappa shape index (κ2) is 8.01. The van der Waals surface area contributed by atoms with Crippen LogP contribution in [-0.4, -0.2) is 49.7 Å². The van der Waals surface area contributed by atoms with Crippen LogP contribution in [0.4, 0.5) is 5.69 Å². The van der Waals surface area contributed by atoms with Crippen molar-refractivity contribution < 1.29 is 4.74 Å². The van der Waals surface area contributed by atoms with Crippen molar-refractivity contribution in [3.8, 4) is 0 Å². The van der Waals surface area contributed by atoms with Gasteiger partial charge in [0, 0.05) is 39.4 Å². The van der Waals surface area contributed by atoms with Crippen LogP contribution >= 0.6 is 0 Å². The highest BCUT2D eigenvalue weighted by Gasteiger charge is 2.13. The Balaban J connectivity index is 1.79. The summed E-state index contributed by atoms with van der Waals surface area (Å²) in [5, 5.41) is 7.53. The van der Waals surface area contributed by atoms with Gasteiger partial charge in [0.2, 0.25) is 0 Å². The lowest BCUT2D eigenvalue weighted by molar-refractivity contribution is 0.194. The van der Waals surface area contributed by atoms with Crippen molar-refractivity contribution in [2.75, 3.05) is 44.8 Å². The van der Waals surface area contributed by atoms with E-state index in [0.29, 0.717) is 6.54 Å². The molecule has 0 aliphatic carbocycles. The SMILES string of the molecule is COCCCNCCn1ncc(N2CCCC2)cc1=O. The van der Waals surface area contributed by atoms with Crippen LogP contribution in [0.1, 0.15) is 19.3 Å². The predicted octanol–water partition coefficient (Wildman–Crippen LogP) is 0.470. The van der Waals surface area contributed by atoms with Crippen molar-refractivity contribution in [1.82, 2.24) is 15.1 Å². The molecule has 2 rings (SSSR count). The lowest BCUT2D eigenvalue weighted by Crippen LogP contribution is -2.30. The lowest BCUT2D eigenvalue weighted by atomic mass is 10.4. The molecule has 1 fully saturated rings. The highest BCUT2D eigenvalue weighted by atomic mass is 16.5. The maximum atomic E-state index is 12.0. The Labute approximate surface area is 119 Å². The molecule has 20 heavy (non-hydrogen) atoms. The molecule has 1 aromatic heterocycles. The molecule has 2 heterocycles. The van der Waals surface area contributed by atoms with E-state index in [-0.39, 0.29) is 5.56 Å². The van der Waals surface area contributed by atoms with Crippen LogP contribution in [0, 0.1) is 0 Å². The molecule has 1 N–H and O–H groups in total. The summed E-state index contributed by atoms with van der Waals surface area (Å²) in [6.45, 7) is 5.08. The third-order valence-electron chi connectivity index (χ3n) is 3.53. The number of aromatic nitrogens is 2. The Hall–Kier alpha value is -1.40. The lowest BCUT2D eigenvalue weighted by Gasteiger charge is -2.17. The van der Waals surface area contributed by atoms with Gasteiger partial charge in [-0.25, -0.2) is 4.68 Å². The highest BCUT2D eigenvalue weighted by Crippen LogP contribution is 2.16. The van der Waals surface area contributed by atoms with Crippen LogP contribution in [0.25, 0.3) is 0 Å². The Kier molecular flexibility index (Phi) is 6.01. The van der Waals surface area contributed by atoms with E-state index in [1.807, 2.05) is 0 Å². The fourth-order valence-corrected chi connectivity index (χ4v) is 2.39. The maximum absolute atomic E-state index is 12.0. The van der Waals surface area contributed by atoms with Gasteiger partial charge in [-0.3, -0.25) is 4.79 Å². The largest absolute Gasteiger partial charge is 0.385 e. The van der Waals surface area contributed by atoms with Gasteiger partial charge in [0.05, 0.1) is 18.4 Å². The molecule has 1 aromatic rings. The predicted molar refractivity (Wildman–Crippen MR) is 79.3 cm³/mol. The van der Waals surface area contributed by atoms with Gasteiger partial charge in [-0.1, -0.05) is 0 Å². The van der Waals surface area contributed by atoms with E-state index in [9.17, 15) is 4.79 Å². The van der Waals surface area contributed by atoms with Crippen LogP contribution in [0.3, 0.4) is 0 Å². The van der Waals surface area contributed by atoms with Crippen molar-refractivity contribution in [3.05, 3.63) is 22.6 Å². The van der Waals surface area contributed by atoms with E-state index in [1.165, 1.54) is 17.5 Å². The third-order valence-corrected chi connectivity index (χ3v) is 3.53. The molecule has 0 aromatic carbocycles. The van der Waals surface area contributed by atoms with E-state index in [2.05, 4.69) is 15.3 Å². The van der Waals surface area contributed by atoms with Crippen molar-refractivity contribution in [2.45, 2.75) is 25.8 Å². The summed E-state index contributed by atoms with van der Waals surface area (Å²) in [7, 11) is 1.70. The summed E-state index contributed by atoms with van der Waals surface area (Å²) in [5.41, 5.74) is 0.935. The minimum Gasteiger partial charge on any atom is -0.385 e. The topological polar surface area (TPSA) is 59.4 Å². The number of hydrogen-bond donors (Lipinski definition) is 1. The standard InChI is InChI=1S/C14H24N4O2/c1-20-10-4-5-15-6-9-18-14(19)11-13(12-16-18)17-7-2-3-8-17/h11-12,15H,2-10H2,1H3. The number of rotatable bonds is 8. The van der Waals surface area contributed by atoms with Crippen molar-refractivity contribution >= 4 is 5.69 Å². The Morgan fingerprint density at radius 1 is 1.35 bits per heavy atom. The second-order valence-electron chi connectivity index (χ2n) is 5.07. The molecular weight excluding hydrogens is 256 g/mol. The molecule has 112 valence electrons. The third kappa shape index (κ3) is 4.31. The summed E-state index contributed by atoms with van der Waals surface area (Å²) in [4.78, 5) is 14.2. The molecule has 0 radical (unpaired) electrons. The quantitative estimate of drug-likeness (QED) is 0.702. The van der Waals surface area contributed by atoms with E-state index < -0.39 is 0 Å². The van der Waals surface area contributed by atoms with Crippen LogP contribution < -0.4 is 15.8 Å². The molecular formula is C14H24N4O2. The highest BCUT2D eigenvalue weighted by molar-refractivity contribution is 5.43. The maximum Gasteiger partial charge on any atom is 0.268 e. The first-order valence-electron chi connectivity index (χ1n) is 7.33. The zero-order valence-electron chi connectivity index (χ0n) is 12.2. The molecule has 0 unspecified atom stereocenters. The monoisotopic (exact) mass is 280 g/mol. The average molecular weight is 280 g/mol. The zero-order chi connectivity index (χ0) is 14.2. The average Bonchev–Trinajstić information content (AvgIpc) is 2.98. The van der Waals surface area contributed by atoms with Crippen LogP contribution in [0.5, 0.6) is 0 Å². The number of hydrogen-bond acceptors (Lipinski definition) is 5. The summed E-state index contributed by atoms with van der Waals surface area (Å²) in [6.07, 6.45) is 5.19. The van der Waals surface area contributed by atoms with Gasteiger partial charge in [-0.2, -0.15) is 5.10 Å². The van der Waals surface area contributed by atoms with Crippen molar-refractivity contribution in [1.29, 1.82) is 0 Å². The summed E-state index contributed by atoms with van der Waals surface area (Å²) < 4.78 is 6.49. The Morgan fingerprint density at radius 2 is 2.15 bits per heavy atom. The van der Waals surface area contributed by atoms with Crippen LogP contribution in [-0.2, 0) is 11.3 Å². The first-order valence-corrected chi connectivity index (χ1v) is 7.33. The number of ether oxygens (including phenoxy) is 1. The minimum atomic E-state index is -0.0203. The second-order valence-corrected chi connectivity index (χ2v) is 5.07. The summed E-state index contributed by atoms with van der Waals surface area (Å²) >= 11 is 0. The molecule has 0 saturated carbocycles. The smallest absolute Gasteiger partial charge is 0.268 e. The Bertz CT molecular complexity index is 455. The zero-order valence-corrected chi connectivity index (χ0v) is 12.2. The molecule has 1 aliphatic heterocycles. The molecule has 0 bridgehead atoms. The molecule has 0 atom stereocenters. The fourth-order valence-electron chi connectivity index (χ4n) is 2.39. The van der Waals surface area contributed by atoms with E-state index in [4.69, 9.17) is 4.74 Å². The summed E-state index contributed by atoms with van der Waals surface area (Å²) in [6, 6.07) is 1.70. The van der Waals surface area contributed by atoms with Gasteiger partial charge in [-0.05, 0) is 25.8 Å². The van der Waals surface area contributed by atoms with Crippen molar-refractivity contribution in [3.63, 3.8) is 0 Å². The van der Waals surface area contributed by atoms with Crippen LogP contribution in [0.15, 0.2) is 17.1 Å². The molecule has 1 aliphatic rings. The van der Waals surface area contributed by atoms with Crippen molar-refractivity contribution in [2.24, 2.45) is 0 Å². The van der Waals surface area contributed by atoms with Gasteiger partial charge in [0.15, 0.2) is 0 Å². The number of nitrogens with one attached hydrogen (secondary N) is 1. The van der Waals surface area contributed by atoms with Gasteiger partial charge >= 0.3 is 0 Å². The van der Waals surface area contributed by atoms with Gasteiger partial charge in [-0.15, -0.1) is 0 Å². The molecule has 0 spiro atoms. The minimum absolute atomic E-state index is 0.0203. The van der Waals surface area contributed by atoms with E-state index >= 15 is 0 Å². The number of nitrogens with zero attached hydrogens (tertiary/aromatic N) is 3. The molecule has 6 nitrogen and oxygen atoms in total. The van der Waals surface area contributed by atoms with E-state index in [1.54, 1.807) is 19.4 Å².